The molecule has 0 aromatic heterocycles. The highest BCUT2D eigenvalue weighted by Gasteiger charge is 2.25. The van der Waals surface area contributed by atoms with Gasteiger partial charge in [-0.15, -0.1) is 0 Å². The summed E-state index contributed by atoms with van der Waals surface area (Å²) in [7, 11) is 0. The van der Waals surface area contributed by atoms with Gasteiger partial charge in [0.25, 0.3) is 0 Å². The largest absolute Gasteiger partial charge is 0.376 e. The van der Waals surface area contributed by atoms with Crippen LogP contribution in [0, 0.1) is 5.92 Å². The monoisotopic (exact) mass is 253 g/mol. The molecular weight excluding hydrogens is 222 g/mol. The first kappa shape index (κ1) is 14.3. The Morgan fingerprint density at radius 3 is 1.89 bits per heavy atom. The molecule has 2 nitrogen and oxygen atoms in total. The second-order valence-electron chi connectivity index (χ2n) is 6.38. The molecule has 0 saturated heterocycles. The van der Waals surface area contributed by atoms with Gasteiger partial charge in [-0.25, -0.2) is 0 Å². The van der Waals surface area contributed by atoms with Crippen molar-refractivity contribution >= 4 is 0 Å². The molecule has 2 atom stereocenters. The van der Waals surface area contributed by atoms with Crippen LogP contribution in [-0.2, 0) is 4.74 Å². The molecule has 2 fully saturated rings. The Morgan fingerprint density at radius 2 is 1.28 bits per heavy atom. The lowest BCUT2D eigenvalue weighted by atomic mass is 9.96. The van der Waals surface area contributed by atoms with Crippen LogP contribution in [0.25, 0.3) is 0 Å². The highest BCUT2D eigenvalue weighted by atomic mass is 16.5. The minimum atomic E-state index is 0.281. The van der Waals surface area contributed by atoms with Crippen LogP contribution in [0.1, 0.15) is 77.0 Å². The Labute approximate surface area is 113 Å². The van der Waals surface area contributed by atoms with Crippen molar-refractivity contribution in [1.82, 2.24) is 0 Å². The summed E-state index contributed by atoms with van der Waals surface area (Å²) in [6.07, 6.45) is 16.5. The van der Waals surface area contributed by atoms with E-state index in [1.807, 2.05) is 0 Å². The van der Waals surface area contributed by atoms with E-state index in [-0.39, 0.29) is 6.04 Å². The maximum atomic E-state index is 6.34. The van der Waals surface area contributed by atoms with Crippen molar-refractivity contribution in [3.63, 3.8) is 0 Å². The molecule has 2 N–H and O–H groups in total. The zero-order valence-electron chi connectivity index (χ0n) is 11.9. The SMILES string of the molecule is NC1CCCCCCCCCCC1OCC1CC1. The van der Waals surface area contributed by atoms with Gasteiger partial charge in [0.1, 0.15) is 0 Å². The Morgan fingerprint density at radius 1 is 0.722 bits per heavy atom. The number of hydrogen-bond acceptors (Lipinski definition) is 2. The number of hydrogen-bond donors (Lipinski definition) is 1. The van der Waals surface area contributed by atoms with Gasteiger partial charge in [0.2, 0.25) is 0 Å². The van der Waals surface area contributed by atoms with Crippen LogP contribution in [0.15, 0.2) is 0 Å². The van der Waals surface area contributed by atoms with E-state index in [4.69, 9.17) is 10.5 Å². The van der Waals surface area contributed by atoms with Crippen LogP contribution in [-0.4, -0.2) is 18.8 Å². The minimum Gasteiger partial charge on any atom is -0.376 e. The van der Waals surface area contributed by atoms with Crippen LogP contribution in [0.4, 0.5) is 0 Å². The summed E-state index contributed by atoms with van der Waals surface area (Å²) in [6.45, 7) is 0.971. The summed E-state index contributed by atoms with van der Waals surface area (Å²) in [5.41, 5.74) is 6.34. The van der Waals surface area contributed by atoms with Gasteiger partial charge in [0.15, 0.2) is 0 Å². The third-order valence-electron chi connectivity index (χ3n) is 4.50. The Balaban J connectivity index is 1.73. The quantitative estimate of drug-likeness (QED) is 0.824. The summed E-state index contributed by atoms with van der Waals surface area (Å²) in [4.78, 5) is 0. The summed E-state index contributed by atoms with van der Waals surface area (Å²) >= 11 is 0. The van der Waals surface area contributed by atoms with Crippen LogP contribution in [0.3, 0.4) is 0 Å². The molecular formula is C16H31NO. The molecule has 0 bridgehead atoms. The highest BCUT2D eigenvalue weighted by Crippen LogP contribution is 2.30. The normalized spacial score (nSPS) is 32.5. The van der Waals surface area contributed by atoms with E-state index in [0.29, 0.717) is 6.10 Å². The van der Waals surface area contributed by atoms with Gasteiger partial charge in [-0.3, -0.25) is 0 Å². The molecule has 0 aromatic carbocycles. The number of ether oxygens (including phenoxy) is 1. The molecule has 106 valence electrons. The first-order chi connectivity index (χ1) is 8.86. The Hall–Kier alpha value is -0.0800. The molecule has 2 unspecified atom stereocenters. The third-order valence-corrected chi connectivity index (χ3v) is 4.50. The maximum Gasteiger partial charge on any atom is 0.0726 e. The van der Waals surface area contributed by atoms with Gasteiger partial charge < -0.3 is 10.5 Å². The molecule has 0 heterocycles. The highest BCUT2D eigenvalue weighted by molar-refractivity contribution is 4.78. The van der Waals surface area contributed by atoms with Crippen LogP contribution < -0.4 is 5.73 Å². The van der Waals surface area contributed by atoms with Crippen LogP contribution in [0.5, 0.6) is 0 Å². The van der Waals surface area contributed by atoms with E-state index in [9.17, 15) is 0 Å². The molecule has 0 amide bonds. The lowest BCUT2D eigenvalue weighted by molar-refractivity contribution is 0.0193. The minimum absolute atomic E-state index is 0.281. The molecule has 2 aliphatic carbocycles. The fourth-order valence-electron chi connectivity index (χ4n) is 2.94. The zero-order valence-corrected chi connectivity index (χ0v) is 11.9. The topological polar surface area (TPSA) is 35.2 Å². The van der Waals surface area contributed by atoms with E-state index in [0.717, 1.165) is 18.9 Å². The van der Waals surface area contributed by atoms with Crippen molar-refractivity contribution in [1.29, 1.82) is 0 Å². The average molecular weight is 253 g/mol. The average Bonchev–Trinajstić information content (AvgIpc) is 3.17. The van der Waals surface area contributed by atoms with E-state index >= 15 is 0 Å². The van der Waals surface area contributed by atoms with Gasteiger partial charge in [-0.2, -0.15) is 0 Å². The molecule has 2 rings (SSSR count). The summed E-state index contributed by atoms with van der Waals surface area (Å²) in [6, 6.07) is 0.281. The van der Waals surface area contributed by atoms with Gasteiger partial charge in [0, 0.05) is 12.6 Å². The second-order valence-corrected chi connectivity index (χ2v) is 6.38. The number of nitrogens with two attached hydrogens (primary N) is 1. The van der Waals surface area contributed by atoms with E-state index in [2.05, 4.69) is 0 Å². The predicted molar refractivity (Wildman–Crippen MR) is 76.6 cm³/mol. The standard InChI is InChI=1S/C16H31NO/c17-15-9-7-5-3-1-2-4-6-8-10-16(15)18-13-14-11-12-14/h14-16H,1-13,17H2. The second kappa shape index (κ2) is 8.16. The van der Waals surface area contributed by atoms with E-state index < -0.39 is 0 Å². The van der Waals surface area contributed by atoms with Crippen LogP contribution >= 0.6 is 0 Å². The van der Waals surface area contributed by atoms with Crippen molar-refractivity contribution < 1.29 is 4.74 Å². The smallest absolute Gasteiger partial charge is 0.0726 e. The molecule has 2 aliphatic rings. The molecule has 0 aromatic rings. The van der Waals surface area contributed by atoms with Gasteiger partial charge in [0.05, 0.1) is 6.10 Å². The fourth-order valence-corrected chi connectivity index (χ4v) is 2.94. The summed E-state index contributed by atoms with van der Waals surface area (Å²) in [5.74, 6) is 0.860. The molecule has 18 heavy (non-hydrogen) atoms. The van der Waals surface area contributed by atoms with Crippen molar-refractivity contribution in [3.05, 3.63) is 0 Å². The van der Waals surface area contributed by atoms with Gasteiger partial charge in [-0.05, 0) is 31.6 Å². The van der Waals surface area contributed by atoms with Gasteiger partial charge in [-0.1, -0.05) is 51.4 Å². The van der Waals surface area contributed by atoms with Crippen LogP contribution in [0.2, 0.25) is 0 Å². The first-order valence-corrected chi connectivity index (χ1v) is 8.23. The van der Waals surface area contributed by atoms with Crippen molar-refractivity contribution in [2.45, 2.75) is 89.2 Å². The Bertz CT molecular complexity index is 215. The van der Waals surface area contributed by atoms with Crippen molar-refractivity contribution in [3.8, 4) is 0 Å². The Kier molecular flexibility index (Phi) is 6.50. The summed E-state index contributed by atoms with van der Waals surface area (Å²) in [5, 5.41) is 0. The van der Waals surface area contributed by atoms with Crippen molar-refractivity contribution in [2.75, 3.05) is 6.61 Å². The number of rotatable bonds is 3. The lowest BCUT2D eigenvalue weighted by Gasteiger charge is -2.25. The molecule has 0 aliphatic heterocycles. The zero-order chi connectivity index (χ0) is 12.6. The molecule has 0 spiro atoms. The maximum absolute atomic E-state index is 6.34. The lowest BCUT2D eigenvalue weighted by Crippen LogP contribution is -2.37. The third kappa shape index (κ3) is 5.71. The van der Waals surface area contributed by atoms with E-state index in [1.54, 1.807) is 0 Å². The summed E-state index contributed by atoms with van der Waals surface area (Å²) < 4.78 is 6.10. The van der Waals surface area contributed by atoms with Gasteiger partial charge >= 0.3 is 0 Å². The molecule has 2 heteroatoms. The van der Waals surface area contributed by atoms with Crippen molar-refractivity contribution in [2.24, 2.45) is 11.7 Å². The predicted octanol–water partition coefficient (Wildman–Crippen LogP) is 4.02. The first-order valence-electron chi connectivity index (χ1n) is 8.23. The fraction of sp³-hybridized carbons (Fsp3) is 1.00. The van der Waals surface area contributed by atoms with E-state index in [1.165, 1.54) is 70.6 Å². The molecule has 2 saturated carbocycles. The molecule has 0 radical (unpaired) electrons.